The number of thiophene rings is 1. The molecular formula is C7H11NS. The fourth-order valence-electron chi connectivity index (χ4n) is 0.722. The van der Waals surface area contributed by atoms with E-state index in [9.17, 15) is 0 Å². The van der Waals surface area contributed by atoms with Gasteiger partial charge in [0.2, 0.25) is 0 Å². The van der Waals surface area contributed by atoms with E-state index < -0.39 is 0 Å². The summed E-state index contributed by atoms with van der Waals surface area (Å²) in [7, 11) is 0. The van der Waals surface area contributed by atoms with Crippen molar-refractivity contribution in [2.24, 2.45) is 5.73 Å². The molecule has 1 aromatic rings. The van der Waals surface area contributed by atoms with Gasteiger partial charge in [0, 0.05) is 6.04 Å². The van der Waals surface area contributed by atoms with Crippen LogP contribution in [-0.4, -0.2) is 0 Å². The highest BCUT2D eigenvalue weighted by Gasteiger charge is 2.00. The molecule has 1 aromatic heterocycles. The average molecular weight is 141 g/mol. The second-order valence-corrected chi connectivity index (χ2v) is 2.85. The van der Waals surface area contributed by atoms with E-state index >= 15 is 0 Å². The topological polar surface area (TPSA) is 26.0 Å². The molecule has 1 nitrogen and oxygen atoms in total. The Morgan fingerprint density at radius 3 is 3.00 bits per heavy atom. The SMILES string of the molecule is CC[C@H](N)c1ccsc1. The smallest absolute Gasteiger partial charge is 0.0300 e. The maximum Gasteiger partial charge on any atom is 0.0300 e. The van der Waals surface area contributed by atoms with Gasteiger partial charge in [0.1, 0.15) is 0 Å². The number of nitrogens with two attached hydrogens (primary N) is 1. The molecule has 0 saturated heterocycles. The van der Waals surface area contributed by atoms with Crippen LogP contribution in [0.4, 0.5) is 0 Å². The van der Waals surface area contributed by atoms with Gasteiger partial charge in [-0.15, -0.1) is 0 Å². The summed E-state index contributed by atoms with van der Waals surface area (Å²) in [5.74, 6) is 0. The Hall–Kier alpha value is -0.340. The highest BCUT2D eigenvalue weighted by molar-refractivity contribution is 7.07. The Labute approximate surface area is 59.5 Å². The minimum atomic E-state index is 0.247. The van der Waals surface area contributed by atoms with Crippen LogP contribution in [-0.2, 0) is 0 Å². The van der Waals surface area contributed by atoms with Crippen molar-refractivity contribution in [3.05, 3.63) is 22.4 Å². The average Bonchev–Trinajstić information content (AvgIpc) is 2.37. The second-order valence-electron chi connectivity index (χ2n) is 2.07. The molecule has 0 unspecified atom stereocenters. The van der Waals surface area contributed by atoms with Crippen LogP contribution < -0.4 is 5.73 Å². The standard InChI is InChI=1S/C7H11NS/c1-2-7(8)6-3-4-9-5-6/h3-5,7H,2,8H2,1H3/t7-/m0/s1. The summed E-state index contributed by atoms with van der Waals surface area (Å²) in [5.41, 5.74) is 7.01. The fraction of sp³-hybridized carbons (Fsp3) is 0.429. The van der Waals surface area contributed by atoms with E-state index in [2.05, 4.69) is 23.8 Å². The van der Waals surface area contributed by atoms with Crippen LogP contribution in [0.3, 0.4) is 0 Å². The third-order valence-electron chi connectivity index (χ3n) is 1.41. The van der Waals surface area contributed by atoms with Crippen LogP contribution >= 0.6 is 11.3 Å². The van der Waals surface area contributed by atoms with Crippen molar-refractivity contribution in [2.75, 3.05) is 0 Å². The van der Waals surface area contributed by atoms with Crippen molar-refractivity contribution in [1.82, 2.24) is 0 Å². The molecule has 0 bridgehead atoms. The van der Waals surface area contributed by atoms with Gasteiger partial charge >= 0.3 is 0 Å². The fourth-order valence-corrected chi connectivity index (χ4v) is 1.45. The molecule has 0 radical (unpaired) electrons. The lowest BCUT2D eigenvalue weighted by molar-refractivity contribution is 0.701. The van der Waals surface area contributed by atoms with Gasteiger partial charge in [-0.25, -0.2) is 0 Å². The minimum Gasteiger partial charge on any atom is -0.324 e. The van der Waals surface area contributed by atoms with Crippen LogP contribution in [0.25, 0.3) is 0 Å². The molecule has 0 spiro atoms. The zero-order valence-electron chi connectivity index (χ0n) is 5.50. The Morgan fingerprint density at radius 2 is 2.56 bits per heavy atom. The van der Waals surface area contributed by atoms with Crippen molar-refractivity contribution in [1.29, 1.82) is 0 Å². The molecule has 0 aliphatic rings. The van der Waals surface area contributed by atoms with Gasteiger partial charge in [0.05, 0.1) is 0 Å². The van der Waals surface area contributed by atoms with Crippen molar-refractivity contribution in [3.8, 4) is 0 Å². The molecule has 0 amide bonds. The molecule has 0 aliphatic carbocycles. The zero-order chi connectivity index (χ0) is 6.69. The molecular weight excluding hydrogens is 130 g/mol. The first-order valence-corrected chi connectivity index (χ1v) is 4.06. The molecule has 50 valence electrons. The summed E-state index contributed by atoms with van der Waals surface area (Å²) in [6, 6.07) is 2.33. The number of rotatable bonds is 2. The van der Waals surface area contributed by atoms with E-state index in [0.717, 1.165) is 6.42 Å². The van der Waals surface area contributed by atoms with Crippen LogP contribution in [0.5, 0.6) is 0 Å². The molecule has 1 heterocycles. The Morgan fingerprint density at radius 1 is 1.78 bits per heavy atom. The molecule has 1 rings (SSSR count). The Balaban J connectivity index is 2.65. The van der Waals surface area contributed by atoms with Crippen LogP contribution in [0.1, 0.15) is 24.9 Å². The first kappa shape index (κ1) is 6.78. The van der Waals surface area contributed by atoms with Gasteiger partial charge in [-0.3, -0.25) is 0 Å². The number of hydrogen-bond donors (Lipinski definition) is 1. The van der Waals surface area contributed by atoms with Crippen molar-refractivity contribution < 1.29 is 0 Å². The van der Waals surface area contributed by atoms with E-state index in [4.69, 9.17) is 5.73 Å². The maximum absolute atomic E-state index is 5.75. The van der Waals surface area contributed by atoms with E-state index in [-0.39, 0.29) is 6.04 Å². The maximum atomic E-state index is 5.75. The highest BCUT2D eigenvalue weighted by atomic mass is 32.1. The van der Waals surface area contributed by atoms with Gasteiger partial charge in [-0.2, -0.15) is 11.3 Å². The molecule has 0 fully saturated rings. The van der Waals surface area contributed by atoms with E-state index in [1.807, 2.05) is 0 Å². The van der Waals surface area contributed by atoms with Crippen LogP contribution in [0.2, 0.25) is 0 Å². The normalized spacial score (nSPS) is 13.6. The van der Waals surface area contributed by atoms with Crippen molar-refractivity contribution in [3.63, 3.8) is 0 Å². The predicted molar refractivity (Wildman–Crippen MR) is 41.5 cm³/mol. The van der Waals surface area contributed by atoms with Crippen LogP contribution in [0.15, 0.2) is 16.8 Å². The third kappa shape index (κ3) is 1.53. The molecule has 9 heavy (non-hydrogen) atoms. The summed E-state index contributed by atoms with van der Waals surface area (Å²) < 4.78 is 0. The number of hydrogen-bond acceptors (Lipinski definition) is 2. The zero-order valence-corrected chi connectivity index (χ0v) is 6.32. The molecule has 0 saturated carbocycles. The summed E-state index contributed by atoms with van der Waals surface area (Å²) >= 11 is 1.70. The van der Waals surface area contributed by atoms with E-state index in [1.54, 1.807) is 11.3 Å². The van der Waals surface area contributed by atoms with E-state index in [0.29, 0.717) is 0 Å². The summed E-state index contributed by atoms with van der Waals surface area (Å²) in [6.07, 6.45) is 1.02. The Kier molecular flexibility index (Phi) is 2.25. The molecule has 2 N–H and O–H groups in total. The lowest BCUT2D eigenvalue weighted by Crippen LogP contribution is -2.06. The summed E-state index contributed by atoms with van der Waals surface area (Å²) in [5, 5.41) is 4.17. The second kappa shape index (κ2) is 2.99. The largest absolute Gasteiger partial charge is 0.324 e. The van der Waals surface area contributed by atoms with Gasteiger partial charge in [0.25, 0.3) is 0 Å². The monoisotopic (exact) mass is 141 g/mol. The predicted octanol–water partition coefficient (Wildman–Crippen LogP) is 2.16. The van der Waals surface area contributed by atoms with Crippen LogP contribution in [0, 0.1) is 0 Å². The van der Waals surface area contributed by atoms with Gasteiger partial charge in [0.15, 0.2) is 0 Å². The van der Waals surface area contributed by atoms with Crippen molar-refractivity contribution >= 4 is 11.3 Å². The quantitative estimate of drug-likeness (QED) is 0.671. The van der Waals surface area contributed by atoms with Crippen molar-refractivity contribution in [2.45, 2.75) is 19.4 Å². The lowest BCUT2D eigenvalue weighted by Gasteiger charge is -2.03. The first-order chi connectivity index (χ1) is 4.34. The highest BCUT2D eigenvalue weighted by Crippen LogP contribution is 2.15. The molecule has 1 atom stereocenters. The Bertz CT molecular complexity index is 157. The molecule has 0 aromatic carbocycles. The van der Waals surface area contributed by atoms with Gasteiger partial charge in [-0.05, 0) is 28.8 Å². The van der Waals surface area contributed by atoms with Gasteiger partial charge < -0.3 is 5.73 Å². The lowest BCUT2D eigenvalue weighted by atomic mass is 10.1. The molecule has 2 heteroatoms. The summed E-state index contributed by atoms with van der Waals surface area (Å²) in [4.78, 5) is 0. The molecule has 0 aliphatic heterocycles. The first-order valence-electron chi connectivity index (χ1n) is 3.12. The van der Waals surface area contributed by atoms with E-state index in [1.165, 1.54) is 5.56 Å². The third-order valence-corrected chi connectivity index (χ3v) is 2.11. The van der Waals surface area contributed by atoms with Gasteiger partial charge in [-0.1, -0.05) is 6.92 Å². The summed E-state index contributed by atoms with van der Waals surface area (Å²) in [6.45, 7) is 2.10. The minimum absolute atomic E-state index is 0.247.